The predicted octanol–water partition coefficient (Wildman–Crippen LogP) is 9.69. The van der Waals surface area contributed by atoms with Gasteiger partial charge in [0.2, 0.25) is 0 Å². The molecule has 2 atom stereocenters. The van der Waals surface area contributed by atoms with Crippen molar-refractivity contribution in [2.24, 2.45) is 22.2 Å². The number of aliphatic hydroxyl groups excluding tert-OH is 1. The smallest absolute Gasteiger partial charge is 0.312 e. The van der Waals surface area contributed by atoms with Gasteiger partial charge in [-0.15, -0.1) is 0 Å². The van der Waals surface area contributed by atoms with Crippen LogP contribution in [0.2, 0.25) is 0 Å². The van der Waals surface area contributed by atoms with Crippen LogP contribution in [0.1, 0.15) is 101 Å². The molecule has 238 valence electrons. The molecule has 5 heteroatoms. The van der Waals surface area contributed by atoms with Gasteiger partial charge in [0.05, 0.1) is 23.6 Å². The van der Waals surface area contributed by atoms with E-state index in [0.717, 1.165) is 43.5 Å². The predicted molar refractivity (Wildman–Crippen MR) is 179 cm³/mol. The van der Waals surface area contributed by atoms with Crippen molar-refractivity contribution in [2.75, 3.05) is 13.2 Å². The van der Waals surface area contributed by atoms with Crippen molar-refractivity contribution in [3.05, 3.63) is 54.6 Å². The van der Waals surface area contributed by atoms with Gasteiger partial charge in [0.1, 0.15) is 12.4 Å². The third-order valence-electron chi connectivity index (χ3n) is 8.71. The van der Waals surface area contributed by atoms with Gasteiger partial charge in [-0.3, -0.25) is 4.79 Å². The third-order valence-corrected chi connectivity index (χ3v) is 8.71. The van der Waals surface area contributed by atoms with Gasteiger partial charge in [0, 0.05) is 23.7 Å². The molecule has 0 saturated carbocycles. The molecular formula is C38H57NO4. The molecule has 0 spiro atoms. The average Bonchev–Trinajstić information content (AvgIpc) is 3.28. The molecule has 1 N–H and O–H groups in total. The molecule has 3 aromatic rings. The van der Waals surface area contributed by atoms with Crippen molar-refractivity contribution in [1.82, 2.24) is 4.57 Å². The number of ether oxygens (including phenoxy) is 2. The zero-order valence-corrected chi connectivity index (χ0v) is 28.3. The van der Waals surface area contributed by atoms with Crippen LogP contribution >= 0.6 is 0 Å². The summed E-state index contributed by atoms with van der Waals surface area (Å²) in [5, 5.41) is 11.8. The fourth-order valence-electron chi connectivity index (χ4n) is 5.86. The van der Waals surface area contributed by atoms with E-state index < -0.39 is 11.5 Å². The normalized spacial score (nSPS) is 14.6. The summed E-state index contributed by atoms with van der Waals surface area (Å²) >= 11 is 0. The third kappa shape index (κ3) is 9.86. The summed E-state index contributed by atoms with van der Waals surface area (Å²) in [6.45, 7) is 21.0. The van der Waals surface area contributed by atoms with E-state index in [-0.39, 0.29) is 23.4 Å². The summed E-state index contributed by atoms with van der Waals surface area (Å²) in [6, 6.07) is 19.0. The summed E-state index contributed by atoms with van der Waals surface area (Å²) in [6.07, 6.45) is 4.57. The van der Waals surface area contributed by atoms with Crippen molar-refractivity contribution in [2.45, 2.75) is 113 Å². The van der Waals surface area contributed by atoms with Gasteiger partial charge >= 0.3 is 5.97 Å². The van der Waals surface area contributed by atoms with Crippen LogP contribution in [0, 0.1) is 22.2 Å². The van der Waals surface area contributed by atoms with Gasteiger partial charge in [-0.2, -0.15) is 0 Å². The SMILES string of the molecule is CC(C)CCCn1c(-c2ccccc2)cc2ccc(OCC(O)CCCCOC(=O)C(C)(CC(C)(C)C)C(C)(C)C)cc21. The second-order valence-corrected chi connectivity index (χ2v) is 15.2. The lowest BCUT2D eigenvalue weighted by atomic mass is 9.61. The number of nitrogens with zero attached hydrogens (tertiary/aromatic N) is 1. The molecule has 1 heterocycles. The molecule has 2 unspecified atom stereocenters. The van der Waals surface area contributed by atoms with Crippen molar-refractivity contribution >= 4 is 16.9 Å². The first kappa shape index (κ1) is 34.7. The molecule has 1 aromatic heterocycles. The van der Waals surface area contributed by atoms with Crippen LogP contribution in [0.4, 0.5) is 0 Å². The number of hydrogen-bond donors (Lipinski definition) is 1. The number of hydrogen-bond acceptors (Lipinski definition) is 4. The highest BCUT2D eigenvalue weighted by molar-refractivity contribution is 5.88. The van der Waals surface area contributed by atoms with E-state index in [9.17, 15) is 9.90 Å². The molecule has 0 amide bonds. The van der Waals surface area contributed by atoms with Gasteiger partial charge in [0.25, 0.3) is 0 Å². The first-order valence-corrected chi connectivity index (χ1v) is 16.3. The van der Waals surface area contributed by atoms with Crippen LogP contribution in [0.25, 0.3) is 22.2 Å². The second-order valence-electron chi connectivity index (χ2n) is 15.2. The van der Waals surface area contributed by atoms with E-state index in [1.165, 1.54) is 23.1 Å². The van der Waals surface area contributed by atoms with Crippen LogP contribution < -0.4 is 4.74 Å². The van der Waals surface area contributed by atoms with Gasteiger partial charge in [0.15, 0.2) is 0 Å². The summed E-state index contributed by atoms with van der Waals surface area (Å²) in [7, 11) is 0. The topological polar surface area (TPSA) is 60.7 Å². The zero-order chi connectivity index (χ0) is 31.8. The largest absolute Gasteiger partial charge is 0.491 e. The van der Waals surface area contributed by atoms with Gasteiger partial charge < -0.3 is 19.1 Å². The lowest BCUT2D eigenvalue weighted by Gasteiger charge is -2.43. The summed E-state index contributed by atoms with van der Waals surface area (Å²) in [5.41, 5.74) is 2.85. The summed E-state index contributed by atoms with van der Waals surface area (Å²) < 4.78 is 14.2. The Balaban J connectivity index is 1.54. The quantitative estimate of drug-likeness (QED) is 0.141. The maximum Gasteiger partial charge on any atom is 0.312 e. The minimum atomic E-state index is -0.579. The molecule has 43 heavy (non-hydrogen) atoms. The summed E-state index contributed by atoms with van der Waals surface area (Å²) in [5.74, 6) is 1.31. The maximum absolute atomic E-state index is 13.1. The molecule has 0 bridgehead atoms. The fourth-order valence-corrected chi connectivity index (χ4v) is 5.86. The second kappa shape index (κ2) is 14.8. The van der Waals surface area contributed by atoms with Crippen molar-refractivity contribution < 1.29 is 19.4 Å². The average molecular weight is 592 g/mol. The minimum absolute atomic E-state index is 0.0245. The van der Waals surface area contributed by atoms with Crippen molar-refractivity contribution in [3.8, 4) is 17.0 Å². The summed E-state index contributed by atoms with van der Waals surface area (Å²) in [4.78, 5) is 13.1. The van der Waals surface area contributed by atoms with Crippen LogP contribution in [-0.4, -0.2) is 35.0 Å². The Labute approximate surface area is 261 Å². The van der Waals surface area contributed by atoms with Crippen molar-refractivity contribution in [3.63, 3.8) is 0 Å². The Morgan fingerprint density at radius 1 is 0.884 bits per heavy atom. The molecule has 0 aliphatic heterocycles. The molecular weight excluding hydrogens is 534 g/mol. The van der Waals surface area contributed by atoms with Gasteiger partial charge in [-0.25, -0.2) is 0 Å². The van der Waals surface area contributed by atoms with Crippen LogP contribution in [0.3, 0.4) is 0 Å². The number of esters is 1. The number of fused-ring (bicyclic) bond motifs is 1. The molecule has 0 saturated heterocycles. The highest BCUT2D eigenvalue weighted by Gasteiger charge is 2.47. The monoisotopic (exact) mass is 591 g/mol. The minimum Gasteiger partial charge on any atom is -0.491 e. The van der Waals surface area contributed by atoms with E-state index >= 15 is 0 Å². The molecule has 0 aliphatic carbocycles. The Bertz CT molecular complexity index is 1300. The Morgan fingerprint density at radius 2 is 1.58 bits per heavy atom. The molecule has 5 nitrogen and oxygen atoms in total. The van der Waals surface area contributed by atoms with Gasteiger partial charge in [-0.05, 0) is 86.0 Å². The Hall–Kier alpha value is -2.79. The van der Waals surface area contributed by atoms with E-state index in [4.69, 9.17) is 9.47 Å². The maximum atomic E-state index is 13.1. The van der Waals surface area contributed by atoms with E-state index in [2.05, 4.69) is 108 Å². The number of aliphatic hydroxyl groups is 1. The van der Waals surface area contributed by atoms with Crippen LogP contribution in [-0.2, 0) is 16.1 Å². The molecule has 0 aliphatic rings. The highest BCUT2D eigenvalue weighted by Crippen LogP contribution is 2.47. The van der Waals surface area contributed by atoms with Crippen molar-refractivity contribution in [1.29, 1.82) is 0 Å². The van der Waals surface area contributed by atoms with Crippen LogP contribution in [0.5, 0.6) is 5.75 Å². The number of aryl methyl sites for hydroxylation is 1. The standard InChI is InChI=1S/C38H57NO4/c1-28(2)16-15-22-39-33(29-17-11-10-12-18-29)24-30-20-21-32(25-34(30)39)43-26-31(40)19-13-14-23-42-35(41)38(9,37(6,7)8)27-36(3,4)5/h10-12,17-18,20-21,24-25,28,31,40H,13-16,19,22-23,26-27H2,1-9H3. The van der Waals surface area contributed by atoms with E-state index in [0.29, 0.717) is 18.9 Å². The number of aromatic nitrogens is 1. The number of carbonyl (C=O) groups is 1. The molecule has 3 rings (SSSR count). The van der Waals surface area contributed by atoms with Crippen LogP contribution in [0.15, 0.2) is 54.6 Å². The van der Waals surface area contributed by atoms with E-state index in [1.54, 1.807) is 0 Å². The molecule has 0 radical (unpaired) electrons. The number of unbranched alkanes of at least 4 members (excludes halogenated alkanes) is 1. The first-order chi connectivity index (χ1) is 20.1. The lowest BCUT2D eigenvalue weighted by molar-refractivity contribution is -0.165. The zero-order valence-electron chi connectivity index (χ0n) is 28.3. The Kier molecular flexibility index (Phi) is 11.9. The van der Waals surface area contributed by atoms with E-state index in [1.807, 2.05) is 13.0 Å². The van der Waals surface area contributed by atoms with Gasteiger partial charge in [-0.1, -0.05) is 85.7 Å². The Morgan fingerprint density at radius 3 is 2.21 bits per heavy atom. The number of benzene rings is 2. The number of carbonyl (C=O) groups excluding carboxylic acids is 1. The molecule has 2 aromatic carbocycles. The highest BCUT2D eigenvalue weighted by atomic mass is 16.5. The first-order valence-electron chi connectivity index (χ1n) is 16.3. The fraction of sp³-hybridized carbons (Fsp3) is 0.605. The lowest BCUT2D eigenvalue weighted by Crippen LogP contribution is -2.44. The number of rotatable bonds is 15. The molecule has 0 fully saturated rings.